The molecule has 1 saturated heterocycles. The van der Waals surface area contributed by atoms with Crippen LogP contribution in [0.2, 0.25) is 5.02 Å². The molecule has 0 saturated carbocycles. The molecule has 2 amide bonds. The summed E-state index contributed by atoms with van der Waals surface area (Å²) in [5.41, 5.74) is 8.35. The third-order valence-electron chi connectivity index (χ3n) is 8.63. The molecular formula is C39H48ClN3O5. The van der Waals surface area contributed by atoms with E-state index in [1.54, 1.807) is 18.7 Å². The van der Waals surface area contributed by atoms with Crippen molar-refractivity contribution < 1.29 is 23.9 Å². The summed E-state index contributed by atoms with van der Waals surface area (Å²) < 4.78 is 11.9. The smallest absolute Gasteiger partial charge is 0.306 e. The summed E-state index contributed by atoms with van der Waals surface area (Å²) in [6, 6.07) is 25.3. The van der Waals surface area contributed by atoms with Crippen molar-refractivity contribution in [1.82, 2.24) is 10.2 Å². The molecule has 4 rings (SSSR count). The van der Waals surface area contributed by atoms with Crippen LogP contribution in [-0.4, -0.2) is 60.1 Å². The van der Waals surface area contributed by atoms with Crippen LogP contribution >= 0.6 is 11.6 Å². The summed E-state index contributed by atoms with van der Waals surface area (Å²) in [6.45, 7) is 6.44. The molecule has 1 fully saturated rings. The number of aryl methyl sites for hydroxylation is 1. The van der Waals surface area contributed by atoms with Crippen molar-refractivity contribution in [1.29, 1.82) is 0 Å². The number of hydrogen-bond acceptors (Lipinski definition) is 6. The van der Waals surface area contributed by atoms with Crippen LogP contribution in [0.5, 0.6) is 0 Å². The zero-order valence-corrected chi connectivity index (χ0v) is 28.9. The summed E-state index contributed by atoms with van der Waals surface area (Å²) in [4.78, 5) is 41.4. The molecule has 0 aromatic heterocycles. The highest BCUT2D eigenvalue weighted by atomic mass is 35.5. The van der Waals surface area contributed by atoms with E-state index in [1.165, 1.54) is 0 Å². The molecule has 1 aliphatic heterocycles. The molecule has 0 bridgehead atoms. The highest BCUT2D eigenvalue weighted by Gasteiger charge is 2.37. The maximum atomic E-state index is 14.1. The Bertz CT molecular complexity index is 1520. The van der Waals surface area contributed by atoms with Gasteiger partial charge in [0.2, 0.25) is 11.8 Å². The predicted octanol–water partition coefficient (Wildman–Crippen LogP) is 6.05. The van der Waals surface area contributed by atoms with E-state index in [-0.39, 0.29) is 30.9 Å². The minimum absolute atomic E-state index is 0.168. The lowest BCUT2D eigenvalue weighted by Gasteiger charge is -2.32. The average Bonchev–Trinajstić information content (AvgIpc) is 3.56. The number of amides is 2. The standard InChI is InChI=1S/C39H48ClN3O5/c1-28(41)37(45)42-36(29(2)47-26-31-14-8-5-9-15-31)38(46)43-23-11-18-34(43)21-22-39(3,25-32-16-10-17-33(40)24-32)27-48-35(44)20-19-30-12-6-4-7-13-30/h4-10,12-17,21-22,24,28-29,34,36H,11,18-20,23,25-27,41H2,1-3H3,(H,42,45)/b22-21+/t28?,29?,34?,36?,39-/m0/s1. The van der Waals surface area contributed by atoms with Crippen molar-refractivity contribution in [2.45, 2.75) is 83.7 Å². The first-order valence-electron chi connectivity index (χ1n) is 16.7. The number of esters is 1. The summed E-state index contributed by atoms with van der Waals surface area (Å²) in [5, 5.41) is 3.48. The summed E-state index contributed by atoms with van der Waals surface area (Å²) in [6.07, 6.45) is 6.53. The van der Waals surface area contributed by atoms with Crippen molar-refractivity contribution in [2.24, 2.45) is 11.1 Å². The number of nitrogens with two attached hydrogens (primary N) is 1. The molecule has 5 atom stereocenters. The van der Waals surface area contributed by atoms with Gasteiger partial charge in [0.15, 0.2) is 0 Å². The van der Waals surface area contributed by atoms with Gasteiger partial charge in [-0.3, -0.25) is 14.4 Å². The molecule has 8 nitrogen and oxygen atoms in total. The zero-order chi connectivity index (χ0) is 34.5. The first kappa shape index (κ1) is 36.8. The Morgan fingerprint density at radius 2 is 1.67 bits per heavy atom. The van der Waals surface area contributed by atoms with Gasteiger partial charge in [-0.05, 0) is 68.4 Å². The van der Waals surface area contributed by atoms with Gasteiger partial charge < -0.3 is 25.4 Å². The molecule has 256 valence electrons. The Balaban J connectivity index is 1.48. The van der Waals surface area contributed by atoms with Crippen molar-refractivity contribution in [3.63, 3.8) is 0 Å². The molecular weight excluding hydrogens is 626 g/mol. The van der Waals surface area contributed by atoms with E-state index in [4.69, 9.17) is 26.8 Å². The van der Waals surface area contributed by atoms with Gasteiger partial charge in [0.1, 0.15) is 12.6 Å². The quantitative estimate of drug-likeness (QED) is 0.142. The molecule has 0 radical (unpaired) electrons. The van der Waals surface area contributed by atoms with Gasteiger partial charge in [0, 0.05) is 23.4 Å². The van der Waals surface area contributed by atoms with E-state index in [1.807, 2.05) is 97.9 Å². The normalized spacial score (nSPS) is 17.8. The number of rotatable bonds is 16. The minimum Gasteiger partial charge on any atom is -0.465 e. The number of carbonyl (C=O) groups is 3. The van der Waals surface area contributed by atoms with Crippen molar-refractivity contribution in [2.75, 3.05) is 13.2 Å². The number of likely N-dealkylation sites (tertiary alicyclic amines) is 1. The highest BCUT2D eigenvalue weighted by molar-refractivity contribution is 6.30. The molecule has 3 aromatic rings. The first-order valence-corrected chi connectivity index (χ1v) is 17.1. The first-order chi connectivity index (χ1) is 23.0. The topological polar surface area (TPSA) is 111 Å². The lowest BCUT2D eigenvalue weighted by Crippen LogP contribution is -2.57. The maximum absolute atomic E-state index is 14.1. The summed E-state index contributed by atoms with van der Waals surface area (Å²) >= 11 is 6.31. The Morgan fingerprint density at radius 3 is 2.33 bits per heavy atom. The van der Waals surface area contributed by atoms with E-state index < -0.39 is 29.5 Å². The molecule has 3 aromatic carbocycles. The van der Waals surface area contributed by atoms with Crippen molar-refractivity contribution in [3.05, 3.63) is 119 Å². The fourth-order valence-electron chi connectivity index (χ4n) is 5.83. The Labute approximate surface area is 289 Å². The molecule has 0 aliphatic carbocycles. The Kier molecular flexibility index (Phi) is 13.8. The van der Waals surface area contributed by atoms with Gasteiger partial charge in [-0.1, -0.05) is 103 Å². The van der Waals surface area contributed by atoms with E-state index in [9.17, 15) is 14.4 Å². The van der Waals surface area contributed by atoms with Crippen molar-refractivity contribution >= 4 is 29.4 Å². The van der Waals surface area contributed by atoms with Crippen LogP contribution in [0.25, 0.3) is 0 Å². The number of nitrogens with zero attached hydrogens (tertiary/aromatic N) is 1. The van der Waals surface area contributed by atoms with Crippen LogP contribution in [-0.2, 0) is 43.3 Å². The van der Waals surface area contributed by atoms with Gasteiger partial charge in [-0.25, -0.2) is 0 Å². The fraction of sp³-hybridized carbons (Fsp3) is 0.410. The molecule has 0 spiro atoms. The fourth-order valence-corrected chi connectivity index (χ4v) is 6.04. The SMILES string of the molecule is CC(N)C(=O)NC(C(=O)N1CCCC1/C=C/[C@](C)(COC(=O)CCc1ccccc1)Cc1cccc(Cl)c1)C(C)OCc1ccccc1. The van der Waals surface area contributed by atoms with Gasteiger partial charge in [-0.2, -0.15) is 0 Å². The molecule has 48 heavy (non-hydrogen) atoms. The average molecular weight is 674 g/mol. The van der Waals surface area contributed by atoms with Crippen molar-refractivity contribution in [3.8, 4) is 0 Å². The van der Waals surface area contributed by atoms with Crippen LogP contribution in [0.3, 0.4) is 0 Å². The van der Waals surface area contributed by atoms with Gasteiger partial charge >= 0.3 is 5.97 Å². The van der Waals surface area contributed by atoms with Crippen LogP contribution in [0.15, 0.2) is 97.1 Å². The number of carbonyl (C=O) groups excluding carboxylic acids is 3. The largest absolute Gasteiger partial charge is 0.465 e. The number of ether oxygens (including phenoxy) is 2. The van der Waals surface area contributed by atoms with E-state index in [0.29, 0.717) is 31.0 Å². The van der Waals surface area contributed by atoms with Crippen LogP contribution in [0.1, 0.15) is 56.7 Å². The van der Waals surface area contributed by atoms with Gasteiger partial charge in [0.05, 0.1) is 24.8 Å². The predicted molar refractivity (Wildman–Crippen MR) is 189 cm³/mol. The van der Waals surface area contributed by atoms with E-state index >= 15 is 0 Å². The third-order valence-corrected chi connectivity index (χ3v) is 8.86. The number of nitrogens with one attached hydrogen (secondary N) is 1. The number of hydrogen-bond donors (Lipinski definition) is 2. The second-order valence-corrected chi connectivity index (χ2v) is 13.4. The molecule has 3 N–H and O–H groups in total. The molecule has 1 heterocycles. The van der Waals surface area contributed by atoms with Crippen LogP contribution in [0.4, 0.5) is 0 Å². The molecule has 9 heteroatoms. The minimum atomic E-state index is -0.912. The summed E-state index contributed by atoms with van der Waals surface area (Å²) in [7, 11) is 0. The lowest BCUT2D eigenvalue weighted by atomic mass is 9.83. The Morgan fingerprint density at radius 1 is 1.00 bits per heavy atom. The lowest BCUT2D eigenvalue weighted by molar-refractivity contribution is -0.146. The van der Waals surface area contributed by atoms with Gasteiger partial charge in [0.25, 0.3) is 0 Å². The second-order valence-electron chi connectivity index (χ2n) is 13.0. The Hall–Kier alpha value is -3.98. The number of benzene rings is 3. The van der Waals surface area contributed by atoms with E-state index in [0.717, 1.165) is 29.5 Å². The van der Waals surface area contributed by atoms with Crippen LogP contribution in [0, 0.1) is 5.41 Å². The maximum Gasteiger partial charge on any atom is 0.306 e. The van der Waals surface area contributed by atoms with Gasteiger partial charge in [-0.15, -0.1) is 0 Å². The molecule has 1 aliphatic rings. The van der Waals surface area contributed by atoms with Crippen LogP contribution < -0.4 is 11.1 Å². The zero-order valence-electron chi connectivity index (χ0n) is 28.1. The summed E-state index contributed by atoms with van der Waals surface area (Å²) in [5.74, 6) is -0.905. The van der Waals surface area contributed by atoms with E-state index in [2.05, 4.69) is 11.4 Å². The third kappa shape index (κ3) is 11.3. The highest BCUT2D eigenvalue weighted by Crippen LogP contribution is 2.29. The number of halogens is 1. The monoisotopic (exact) mass is 673 g/mol. The second kappa shape index (κ2) is 18.0. The molecule has 4 unspecified atom stereocenters.